The summed E-state index contributed by atoms with van der Waals surface area (Å²) in [5.41, 5.74) is 6.49. The highest BCUT2D eigenvalue weighted by atomic mass is 32.2. The lowest BCUT2D eigenvalue weighted by molar-refractivity contribution is 0.1000. The molecule has 1 fully saturated rings. The topological polar surface area (TPSA) is 35.2 Å². The smallest absolute Gasteiger partial charge is 0.129 e. The molecule has 1 aromatic carbocycles. The summed E-state index contributed by atoms with van der Waals surface area (Å²) in [5.74, 6) is -0.197. The quantitative estimate of drug-likeness (QED) is 0.901. The maximum absolute atomic E-state index is 13.7. The minimum absolute atomic E-state index is 0.197. The van der Waals surface area contributed by atoms with Gasteiger partial charge >= 0.3 is 0 Å². The summed E-state index contributed by atoms with van der Waals surface area (Å²) in [6.45, 7) is 3.44. The van der Waals surface area contributed by atoms with Gasteiger partial charge in [0.2, 0.25) is 0 Å². The molecule has 0 bridgehead atoms. The van der Waals surface area contributed by atoms with Gasteiger partial charge in [-0.25, -0.2) is 4.39 Å². The van der Waals surface area contributed by atoms with E-state index in [1.54, 1.807) is 17.8 Å². The maximum Gasteiger partial charge on any atom is 0.129 e. The second kappa shape index (κ2) is 5.85. The first-order valence-corrected chi connectivity index (χ1v) is 6.85. The fraction of sp³-hybridized carbons (Fsp3) is 0.538. The molecule has 0 aromatic heterocycles. The Bertz CT molecular complexity index is 378. The summed E-state index contributed by atoms with van der Waals surface area (Å²) in [6, 6.07) is 4.93. The van der Waals surface area contributed by atoms with Gasteiger partial charge in [-0.05, 0) is 31.9 Å². The molecule has 1 aromatic rings. The summed E-state index contributed by atoms with van der Waals surface area (Å²) < 4.78 is 19.1. The van der Waals surface area contributed by atoms with Crippen molar-refractivity contribution in [2.75, 3.05) is 13.2 Å². The molecule has 1 aliphatic heterocycles. The van der Waals surface area contributed by atoms with Gasteiger partial charge in [0.25, 0.3) is 0 Å². The van der Waals surface area contributed by atoms with Crippen molar-refractivity contribution < 1.29 is 9.13 Å². The van der Waals surface area contributed by atoms with Gasteiger partial charge in [0.05, 0.1) is 0 Å². The van der Waals surface area contributed by atoms with Crippen LogP contribution in [0, 0.1) is 5.82 Å². The SMILES string of the molecule is CC(N)c1c(F)cccc1SC1CCOCC1. The van der Waals surface area contributed by atoms with Crippen molar-refractivity contribution in [2.24, 2.45) is 5.73 Å². The zero-order chi connectivity index (χ0) is 12.3. The van der Waals surface area contributed by atoms with E-state index in [4.69, 9.17) is 10.5 Å². The molecule has 0 spiro atoms. The van der Waals surface area contributed by atoms with E-state index in [-0.39, 0.29) is 11.9 Å². The normalized spacial score (nSPS) is 19.2. The van der Waals surface area contributed by atoms with E-state index in [2.05, 4.69) is 0 Å². The van der Waals surface area contributed by atoms with E-state index in [0.717, 1.165) is 31.0 Å². The van der Waals surface area contributed by atoms with Crippen LogP contribution >= 0.6 is 11.8 Å². The molecule has 0 aliphatic carbocycles. The Hall–Kier alpha value is -0.580. The third kappa shape index (κ3) is 3.21. The highest BCUT2D eigenvalue weighted by Gasteiger charge is 2.19. The van der Waals surface area contributed by atoms with Crippen LogP contribution in [0.15, 0.2) is 23.1 Å². The van der Waals surface area contributed by atoms with Gasteiger partial charge in [-0.1, -0.05) is 6.07 Å². The van der Waals surface area contributed by atoms with Crippen LogP contribution in [0.4, 0.5) is 4.39 Å². The third-order valence-corrected chi connectivity index (χ3v) is 4.34. The molecular weight excluding hydrogens is 237 g/mol. The molecule has 1 heterocycles. The zero-order valence-corrected chi connectivity index (χ0v) is 10.8. The Morgan fingerprint density at radius 1 is 1.41 bits per heavy atom. The van der Waals surface area contributed by atoms with Crippen molar-refractivity contribution >= 4 is 11.8 Å². The fourth-order valence-corrected chi connectivity index (χ4v) is 3.39. The highest BCUT2D eigenvalue weighted by Crippen LogP contribution is 2.35. The summed E-state index contributed by atoms with van der Waals surface area (Å²) in [4.78, 5) is 0.979. The largest absolute Gasteiger partial charge is 0.381 e. The molecule has 17 heavy (non-hydrogen) atoms. The van der Waals surface area contributed by atoms with Crippen molar-refractivity contribution in [1.29, 1.82) is 0 Å². The van der Waals surface area contributed by atoms with E-state index in [9.17, 15) is 4.39 Å². The predicted octanol–water partition coefficient (Wildman–Crippen LogP) is 3.12. The van der Waals surface area contributed by atoms with E-state index in [1.807, 2.05) is 13.0 Å². The van der Waals surface area contributed by atoms with Gasteiger partial charge in [0.1, 0.15) is 5.82 Å². The number of halogens is 1. The Kier molecular flexibility index (Phi) is 4.42. The van der Waals surface area contributed by atoms with Crippen LogP contribution < -0.4 is 5.73 Å². The number of benzene rings is 1. The summed E-state index contributed by atoms with van der Waals surface area (Å²) >= 11 is 1.73. The van der Waals surface area contributed by atoms with Gasteiger partial charge in [-0.15, -0.1) is 11.8 Å². The summed E-state index contributed by atoms with van der Waals surface area (Å²) in [7, 11) is 0. The minimum Gasteiger partial charge on any atom is -0.381 e. The van der Waals surface area contributed by atoms with Crippen molar-refractivity contribution in [1.82, 2.24) is 0 Å². The van der Waals surface area contributed by atoms with Crippen molar-refractivity contribution in [2.45, 2.75) is 36.0 Å². The number of hydrogen-bond acceptors (Lipinski definition) is 3. The Balaban J connectivity index is 2.16. The van der Waals surface area contributed by atoms with Crippen molar-refractivity contribution in [3.8, 4) is 0 Å². The molecule has 0 radical (unpaired) electrons. The molecule has 4 heteroatoms. The summed E-state index contributed by atoms with van der Waals surface area (Å²) in [5, 5.41) is 0.517. The average molecular weight is 255 g/mol. The van der Waals surface area contributed by atoms with Crippen LogP contribution in [-0.2, 0) is 4.74 Å². The highest BCUT2D eigenvalue weighted by molar-refractivity contribution is 8.00. The van der Waals surface area contributed by atoms with Gasteiger partial charge in [0, 0.05) is 35.0 Å². The van der Waals surface area contributed by atoms with Crippen LogP contribution in [-0.4, -0.2) is 18.5 Å². The molecular formula is C13H18FNOS. The van der Waals surface area contributed by atoms with Gasteiger partial charge in [-0.3, -0.25) is 0 Å². The van der Waals surface area contributed by atoms with Gasteiger partial charge < -0.3 is 10.5 Å². The average Bonchev–Trinajstić information content (AvgIpc) is 2.30. The number of hydrogen-bond donors (Lipinski definition) is 1. The molecule has 1 saturated heterocycles. The number of nitrogens with two attached hydrogens (primary N) is 1. The van der Waals surface area contributed by atoms with E-state index in [0.29, 0.717) is 10.8 Å². The van der Waals surface area contributed by atoms with E-state index >= 15 is 0 Å². The number of rotatable bonds is 3. The fourth-order valence-electron chi connectivity index (χ4n) is 2.04. The monoisotopic (exact) mass is 255 g/mol. The molecule has 94 valence electrons. The molecule has 0 amide bonds. The molecule has 2 nitrogen and oxygen atoms in total. The molecule has 1 atom stereocenters. The molecule has 0 saturated carbocycles. The van der Waals surface area contributed by atoms with Crippen molar-refractivity contribution in [3.05, 3.63) is 29.6 Å². The molecule has 2 rings (SSSR count). The minimum atomic E-state index is -0.265. The predicted molar refractivity (Wildman–Crippen MR) is 68.7 cm³/mol. The Morgan fingerprint density at radius 3 is 2.76 bits per heavy atom. The van der Waals surface area contributed by atoms with Gasteiger partial charge in [-0.2, -0.15) is 0 Å². The lowest BCUT2D eigenvalue weighted by Crippen LogP contribution is -2.18. The first-order valence-electron chi connectivity index (χ1n) is 5.97. The maximum atomic E-state index is 13.7. The zero-order valence-electron chi connectivity index (χ0n) is 9.99. The van der Waals surface area contributed by atoms with Crippen LogP contribution in [0.5, 0.6) is 0 Å². The van der Waals surface area contributed by atoms with Crippen LogP contribution in [0.3, 0.4) is 0 Å². The standard InChI is InChI=1S/C13H18FNOS/c1-9(15)13-11(14)3-2-4-12(13)17-10-5-7-16-8-6-10/h2-4,9-10H,5-8,15H2,1H3. The number of thioether (sulfide) groups is 1. The first kappa shape index (κ1) is 12.9. The Morgan fingerprint density at radius 2 is 2.12 bits per heavy atom. The molecule has 1 unspecified atom stereocenters. The van der Waals surface area contributed by atoms with E-state index in [1.165, 1.54) is 6.07 Å². The molecule has 1 aliphatic rings. The second-order valence-corrected chi connectivity index (χ2v) is 5.71. The lowest BCUT2D eigenvalue weighted by Gasteiger charge is -2.23. The third-order valence-electron chi connectivity index (χ3n) is 2.93. The molecule has 2 N–H and O–H groups in total. The van der Waals surface area contributed by atoms with Gasteiger partial charge in [0.15, 0.2) is 0 Å². The second-order valence-electron chi connectivity index (χ2n) is 4.37. The Labute approximate surface area is 106 Å². The van der Waals surface area contributed by atoms with Crippen LogP contribution in [0.25, 0.3) is 0 Å². The lowest BCUT2D eigenvalue weighted by atomic mass is 10.1. The van der Waals surface area contributed by atoms with E-state index < -0.39 is 0 Å². The van der Waals surface area contributed by atoms with Crippen LogP contribution in [0.1, 0.15) is 31.4 Å². The summed E-state index contributed by atoms with van der Waals surface area (Å²) in [6.07, 6.45) is 2.05. The van der Waals surface area contributed by atoms with Crippen molar-refractivity contribution in [3.63, 3.8) is 0 Å². The first-order chi connectivity index (χ1) is 8.18. The number of ether oxygens (including phenoxy) is 1. The van der Waals surface area contributed by atoms with Crippen LogP contribution in [0.2, 0.25) is 0 Å².